The number of aromatic nitrogens is 1. The zero-order valence-electron chi connectivity index (χ0n) is 17.4. The van der Waals surface area contributed by atoms with E-state index in [1.54, 1.807) is 18.3 Å². The Kier molecular flexibility index (Phi) is 7.80. The molecule has 3 aromatic rings. The Morgan fingerprint density at radius 1 is 1.00 bits per heavy atom. The number of hydrogen-bond donors (Lipinski definition) is 1. The summed E-state index contributed by atoms with van der Waals surface area (Å²) in [6.07, 6.45) is 2.53. The van der Waals surface area contributed by atoms with Crippen LogP contribution in [0.3, 0.4) is 0 Å². The summed E-state index contributed by atoms with van der Waals surface area (Å²) in [6, 6.07) is 20.5. The Balaban J connectivity index is 1.51. The molecule has 0 aliphatic heterocycles. The van der Waals surface area contributed by atoms with Crippen LogP contribution in [0.4, 0.5) is 5.69 Å². The van der Waals surface area contributed by atoms with E-state index in [-0.39, 0.29) is 5.91 Å². The monoisotopic (exact) mass is 405 g/mol. The number of nitrogens with zero attached hydrogens (tertiary/aromatic N) is 2. The lowest BCUT2D eigenvalue weighted by atomic mass is 10.2. The Hall–Kier alpha value is -3.38. The first-order chi connectivity index (χ1) is 14.6. The fourth-order valence-electron chi connectivity index (χ4n) is 2.77. The molecule has 0 fully saturated rings. The van der Waals surface area contributed by atoms with E-state index >= 15 is 0 Å². The number of ether oxygens (including phenoxy) is 2. The molecule has 1 N–H and O–H groups in total. The lowest BCUT2D eigenvalue weighted by Crippen LogP contribution is -2.15. The quantitative estimate of drug-likeness (QED) is 0.511. The van der Waals surface area contributed by atoms with Crippen molar-refractivity contribution >= 4 is 11.6 Å². The Morgan fingerprint density at radius 2 is 1.77 bits per heavy atom. The first-order valence-corrected chi connectivity index (χ1v) is 9.92. The fourth-order valence-corrected chi connectivity index (χ4v) is 2.77. The van der Waals surface area contributed by atoms with Gasteiger partial charge in [-0.15, -0.1) is 0 Å². The first-order valence-electron chi connectivity index (χ1n) is 9.92. The van der Waals surface area contributed by atoms with Crippen molar-refractivity contribution in [1.29, 1.82) is 0 Å². The molecule has 30 heavy (non-hydrogen) atoms. The van der Waals surface area contributed by atoms with Crippen molar-refractivity contribution in [3.05, 3.63) is 84.1 Å². The lowest BCUT2D eigenvalue weighted by Gasteiger charge is -2.11. The van der Waals surface area contributed by atoms with E-state index < -0.39 is 0 Å². The van der Waals surface area contributed by atoms with Gasteiger partial charge in [0.1, 0.15) is 12.4 Å². The highest BCUT2D eigenvalue weighted by Gasteiger charge is 2.09. The molecular formula is C24H27N3O3. The van der Waals surface area contributed by atoms with Gasteiger partial charge < -0.3 is 19.7 Å². The van der Waals surface area contributed by atoms with E-state index in [2.05, 4.69) is 15.2 Å². The maximum absolute atomic E-state index is 12.6. The van der Waals surface area contributed by atoms with Crippen LogP contribution in [0, 0.1) is 0 Å². The van der Waals surface area contributed by atoms with E-state index in [4.69, 9.17) is 9.47 Å². The topological polar surface area (TPSA) is 63.7 Å². The largest absolute Gasteiger partial charge is 0.494 e. The van der Waals surface area contributed by atoms with Crippen molar-refractivity contribution in [3.8, 4) is 11.6 Å². The molecule has 0 unspecified atom stereocenters. The van der Waals surface area contributed by atoms with Gasteiger partial charge in [0.25, 0.3) is 5.91 Å². The average molecular weight is 405 g/mol. The maximum atomic E-state index is 12.6. The lowest BCUT2D eigenvalue weighted by molar-refractivity contribution is 0.102. The molecule has 6 nitrogen and oxygen atoms in total. The SMILES string of the molecule is CN(C)CCCOc1ccc(NC(=O)c2ccnc(OCc3ccccc3)c2)cc1. The van der Waals surface area contributed by atoms with Gasteiger partial charge in [0, 0.05) is 30.1 Å². The van der Waals surface area contributed by atoms with Gasteiger partial charge in [-0.25, -0.2) is 4.98 Å². The van der Waals surface area contributed by atoms with Crippen LogP contribution in [0.2, 0.25) is 0 Å². The number of amides is 1. The summed E-state index contributed by atoms with van der Waals surface area (Å²) in [5.41, 5.74) is 2.22. The number of carbonyl (C=O) groups excluding carboxylic acids is 1. The highest BCUT2D eigenvalue weighted by molar-refractivity contribution is 6.04. The molecule has 0 spiro atoms. The average Bonchev–Trinajstić information content (AvgIpc) is 2.77. The molecule has 0 saturated heterocycles. The van der Waals surface area contributed by atoms with Crippen LogP contribution in [-0.2, 0) is 6.61 Å². The van der Waals surface area contributed by atoms with Gasteiger partial charge >= 0.3 is 0 Å². The summed E-state index contributed by atoms with van der Waals surface area (Å²) in [4.78, 5) is 18.9. The Labute approximate surface area is 177 Å². The molecule has 0 radical (unpaired) electrons. The van der Waals surface area contributed by atoms with Crippen LogP contribution in [0.1, 0.15) is 22.3 Å². The number of nitrogens with one attached hydrogen (secondary N) is 1. The number of carbonyl (C=O) groups is 1. The second-order valence-corrected chi connectivity index (χ2v) is 7.14. The minimum absolute atomic E-state index is 0.221. The van der Waals surface area contributed by atoms with E-state index in [0.717, 1.165) is 24.3 Å². The molecule has 3 rings (SSSR count). The Morgan fingerprint density at radius 3 is 2.50 bits per heavy atom. The summed E-state index contributed by atoms with van der Waals surface area (Å²) in [7, 11) is 4.08. The third kappa shape index (κ3) is 6.90. The van der Waals surface area contributed by atoms with Crippen LogP contribution >= 0.6 is 0 Å². The van der Waals surface area contributed by atoms with Crippen LogP contribution in [0.15, 0.2) is 72.9 Å². The minimum Gasteiger partial charge on any atom is -0.494 e. The molecule has 0 bridgehead atoms. The van der Waals surface area contributed by atoms with Gasteiger partial charge in [0.05, 0.1) is 6.61 Å². The third-order valence-electron chi connectivity index (χ3n) is 4.36. The Bertz CT molecular complexity index is 928. The van der Waals surface area contributed by atoms with Gasteiger partial charge in [0.2, 0.25) is 5.88 Å². The number of benzene rings is 2. The molecule has 1 heterocycles. The molecule has 0 atom stereocenters. The summed E-state index contributed by atoms with van der Waals surface area (Å²) in [5, 5.41) is 2.88. The summed E-state index contributed by atoms with van der Waals surface area (Å²) in [6.45, 7) is 2.04. The van der Waals surface area contributed by atoms with Gasteiger partial charge in [0.15, 0.2) is 0 Å². The van der Waals surface area contributed by atoms with Crippen LogP contribution in [-0.4, -0.2) is 43.0 Å². The van der Waals surface area contributed by atoms with Crippen molar-refractivity contribution in [2.45, 2.75) is 13.0 Å². The van der Waals surface area contributed by atoms with Crippen LogP contribution < -0.4 is 14.8 Å². The molecule has 0 aliphatic carbocycles. The van der Waals surface area contributed by atoms with Gasteiger partial charge in [-0.3, -0.25) is 4.79 Å². The third-order valence-corrected chi connectivity index (χ3v) is 4.36. The number of rotatable bonds is 10. The van der Waals surface area contributed by atoms with Gasteiger partial charge in [-0.2, -0.15) is 0 Å². The first kappa shape index (κ1) is 21.3. The molecule has 6 heteroatoms. The van der Waals surface area contributed by atoms with E-state index in [1.165, 1.54) is 0 Å². The number of pyridine rings is 1. The minimum atomic E-state index is -0.221. The molecule has 156 valence electrons. The predicted octanol–water partition coefficient (Wildman–Crippen LogP) is 4.24. The van der Waals surface area contributed by atoms with Crippen molar-refractivity contribution in [2.24, 2.45) is 0 Å². The molecule has 2 aromatic carbocycles. The van der Waals surface area contributed by atoms with Crippen molar-refractivity contribution < 1.29 is 14.3 Å². The molecule has 0 saturated carbocycles. The highest BCUT2D eigenvalue weighted by atomic mass is 16.5. The van der Waals surface area contributed by atoms with Crippen molar-refractivity contribution in [2.75, 3.05) is 32.6 Å². The highest BCUT2D eigenvalue weighted by Crippen LogP contribution is 2.18. The summed E-state index contributed by atoms with van der Waals surface area (Å²) >= 11 is 0. The second kappa shape index (κ2) is 11.0. The van der Waals surface area contributed by atoms with Gasteiger partial charge in [-0.05, 0) is 56.4 Å². The van der Waals surface area contributed by atoms with Gasteiger partial charge in [-0.1, -0.05) is 30.3 Å². The summed E-state index contributed by atoms with van der Waals surface area (Å²) < 4.78 is 11.4. The molecule has 1 amide bonds. The maximum Gasteiger partial charge on any atom is 0.255 e. The van der Waals surface area contributed by atoms with E-state index in [0.29, 0.717) is 30.3 Å². The predicted molar refractivity (Wildman–Crippen MR) is 118 cm³/mol. The standard InChI is InChI=1S/C24H27N3O3/c1-27(2)15-6-16-29-22-11-9-21(10-12-22)26-24(28)20-13-14-25-23(17-20)30-18-19-7-4-3-5-8-19/h3-5,7-14,17H,6,15-16,18H2,1-2H3,(H,26,28). The smallest absolute Gasteiger partial charge is 0.255 e. The van der Waals surface area contributed by atoms with Crippen molar-refractivity contribution in [3.63, 3.8) is 0 Å². The summed E-state index contributed by atoms with van der Waals surface area (Å²) in [5.74, 6) is 0.974. The zero-order chi connectivity index (χ0) is 21.2. The van der Waals surface area contributed by atoms with Crippen LogP contribution in [0.5, 0.6) is 11.6 Å². The molecule has 0 aliphatic rings. The molecular weight excluding hydrogens is 378 g/mol. The fraction of sp³-hybridized carbons (Fsp3) is 0.250. The molecule has 1 aromatic heterocycles. The van der Waals surface area contributed by atoms with Crippen LogP contribution in [0.25, 0.3) is 0 Å². The van der Waals surface area contributed by atoms with Crippen molar-refractivity contribution in [1.82, 2.24) is 9.88 Å². The van der Waals surface area contributed by atoms with E-state index in [1.807, 2.05) is 68.7 Å². The zero-order valence-corrected chi connectivity index (χ0v) is 17.4. The number of anilines is 1. The normalized spacial score (nSPS) is 10.6. The second-order valence-electron chi connectivity index (χ2n) is 7.14. The van der Waals surface area contributed by atoms with E-state index in [9.17, 15) is 4.79 Å². The number of hydrogen-bond acceptors (Lipinski definition) is 5.